The second kappa shape index (κ2) is 5.87. The molecule has 0 aliphatic heterocycles. The Labute approximate surface area is 123 Å². The Morgan fingerprint density at radius 3 is 2.16 bits per heavy atom. The zero-order chi connectivity index (χ0) is 14.0. The lowest BCUT2D eigenvalue weighted by Crippen LogP contribution is -2.36. The van der Waals surface area contributed by atoms with Gasteiger partial charge < -0.3 is 5.73 Å². The smallest absolute Gasteiger partial charge is 0.243 e. The molecule has 0 radical (unpaired) electrons. The summed E-state index contributed by atoms with van der Waals surface area (Å²) in [6, 6.07) is 2.74. The van der Waals surface area contributed by atoms with Crippen LogP contribution in [0.25, 0.3) is 0 Å². The quantitative estimate of drug-likeness (QED) is 0.839. The van der Waals surface area contributed by atoms with Crippen LogP contribution in [0, 0.1) is 0 Å². The van der Waals surface area contributed by atoms with E-state index in [4.69, 9.17) is 28.9 Å². The molecule has 1 saturated carbocycles. The van der Waals surface area contributed by atoms with Gasteiger partial charge in [0.05, 0.1) is 10.0 Å². The molecule has 106 valence electrons. The van der Waals surface area contributed by atoms with Crippen molar-refractivity contribution in [2.75, 3.05) is 5.73 Å². The Kier molecular flexibility index (Phi) is 4.61. The van der Waals surface area contributed by atoms with Crippen LogP contribution in [0.2, 0.25) is 10.0 Å². The number of rotatable bonds is 3. The molecule has 0 heterocycles. The lowest BCUT2D eigenvalue weighted by molar-refractivity contribution is 0.412. The molecule has 1 aromatic carbocycles. The zero-order valence-electron chi connectivity index (χ0n) is 10.3. The molecule has 2 rings (SSSR count). The maximum absolute atomic E-state index is 12.3. The van der Waals surface area contributed by atoms with Gasteiger partial charge >= 0.3 is 0 Å². The average Bonchev–Trinajstić information content (AvgIpc) is 2.27. The minimum atomic E-state index is -3.71. The van der Waals surface area contributed by atoms with Crippen LogP contribution in [0.15, 0.2) is 17.0 Å². The molecule has 3 N–H and O–H groups in total. The molecule has 0 aromatic heterocycles. The molecular formula is C12H16Cl2N2O2S. The van der Waals surface area contributed by atoms with Crippen molar-refractivity contribution in [2.24, 2.45) is 0 Å². The van der Waals surface area contributed by atoms with Gasteiger partial charge in [0.25, 0.3) is 0 Å². The second-order valence-electron chi connectivity index (χ2n) is 4.77. The van der Waals surface area contributed by atoms with Crippen LogP contribution >= 0.6 is 23.2 Å². The highest BCUT2D eigenvalue weighted by Gasteiger charge is 2.26. The van der Waals surface area contributed by atoms with Gasteiger partial charge in [-0.05, 0) is 25.0 Å². The summed E-state index contributed by atoms with van der Waals surface area (Å²) in [6.45, 7) is 0. The van der Waals surface area contributed by atoms with E-state index < -0.39 is 10.0 Å². The number of anilines is 1. The van der Waals surface area contributed by atoms with Crippen LogP contribution in [-0.4, -0.2) is 14.5 Å². The van der Waals surface area contributed by atoms with E-state index in [2.05, 4.69) is 4.72 Å². The van der Waals surface area contributed by atoms with Gasteiger partial charge in [-0.15, -0.1) is 0 Å². The van der Waals surface area contributed by atoms with Crippen molar-refractivity contribution < 1.29 is 8.42 Å². The fourth-order valence-corrected chi connectivity index (χ4v) is 4.87. The van der Waals surface area contributed by atoms with Gasteiger partial charge in [-0.3, -0.25) is 0 Å². The first-order chi connectivity index (χ1) is 8.90. The Hall–Kier alpha value is -0.490. The first-order valence-corrected chi connectivity index (χ1v) is 8.41. The number of hydrogen-bond acceptors (Lipinski definition) is 3. The van der Waals surface area contributed by atoms with E-state index >= 15 is 0 Å². The van der Waals surface area contributed by atoms with Crippen LogP contribution in [0.3, 0.4) is 0 Å². The van der Waals surface area contributed by atoms with E-state index in [0.717, 1.165) is 32.1 Å². The standard InChI is InChI=1S/C12H16Cl2N2O2S/c13-10-6-8(15)7-11(14)12(10)19(17,18)16-9-4-2-1-3-5-9/h6-7,9,16H,1-5,15H2. The number of nitrogens with two attached hydrogens (primary N) is 1. The van der Waals surface area contributed by atoms with Gasteiger partial charge in [-0.2, -0.15) is 0 Å². The molecule has 0 amide bonds. The van der Waals surface area contributed by atoms with Gasteiger partial charge in [-0.1, -0.05) is 42.5 Å². The first kappa shape index (κ1) is 14.9. The monoisotopic (exact) mass is 322 g/mol. The Morgan fingerprint density at radius 1 is 1.11 bits per heavy atom. The fourth-order valence-electron chi connectivity index (χ4n) is 2.33. The lowest BCUT2D eigenvalue weighted by atomic mass is 9.96. The summed E-state index contributed by atoms with van der Waals surface area (Å²) in [7, 11) is -3.71. The summed E-state index contributed by atoms with van der Waals surface area (Å²) < 4.78 is 27.3. The number of nitrogen functional groups attached to an aromatic ring is 1. The number of sulfonamides is 1. The molecule has 1 fully saturated rings. The molecular weight excluding hydrogens is 307 g/mol. The Morgan fingerprint density at radius 2 is 1.63 bits per heavy atom. The molecule has 0 bridgehead atoms. The molecule has 0 saturated heterocycles. The normalized spacial score (nSPS) is 17.6. The van der Waals surface area contributed by atoms with Crippen molar-refractivity contribution in [2.45, 2.75) is 43.0 Å². The third-order valence-corrected chi connectivity index (χ3v) is 5.66. The van der Waals surface area contributed by atoms with Crippen molar-refractivity contribution >= 4 is 38.9 Å². The van der Waals surface area contributed by atoms with Crippen molar-refractivity contribution in [1.82, 2.24) is 4.72 Å². The summed E-state index contributed by atoms with van der Waals surface area (Å²) in [5, 5.41) is 0.0987. The van der Waals surface area contributed by atoms with Gasteiger partial charge in [0.15, 0.2) is 0 Å². The molecule has 1 aromatic rings. The lowest BCUT2D eigenvalue weighted by Gasteiger charge is -2.23. The summed E-state index contributed by atoms with van der Waals surface area (Å²) >= 11 is 11.9. The Bertz CT molecular complexity index is 546. The number of nitrogens with one attached hydrogen (secondary N) is 1. The highest BCUT2D eigenvalue weighted by atomic mass is 35.5. The topological polar surface area (TPSA) is 72.2 Å². The van der Waals surface area contributed by atoms with Gasteiger partial charge in [0.2, 0.25) is 10.0 Å². The van der Waals surface area contributed by atoms with E-state index in [1.807, 2.05) is 0 Å². The molecule has 7 heteroatoms. The van der Waals surface area contributed by atoms with Crippen LogP contribution in [-0.2, 0) is 10.0 Å². The van der Waals surface area contributed by atoms with E-state index in [-0.39, 0.29) is 21.0 Å². The molecule has 0 unspecified atom stereocenters. The molecule has 0 spiro atoms. The largest absolute Gasteiger partial charge is 0.399 e. The van der Waals surface area contributed by atoms with Crippen molar-refractivity contribution in [3.05, 3.63) is 22.2 Å². The maximum atomic E-state index is 12.3. The number of hydrogen-bond donors (Lipinski definition) is 2. The second-order valence-corrected chi connectivity index (χ2v) is 7.24. The molecule has 4 nitrogen and oxygen atoms in total. The summed E-state index contributed by atoms with van der Waals surface area (Å²) in [4.78, 5) is -0.0874. The third-order valence-electron chi connectivity index (χ3n) is 3.22. The Balaban J connectivity index is 2.29. The maximum Gasteiger partial charge on any atom is 0.243 e. The number of halogens is 2. The van der Waals surface area contributed by atoms with E-state index in [1.54, 1.807) is 0 Å². The van der Waals surface area contributed by atoms with Gasteiger partial charge in [-0.25, -0.2) is 13.1 Å². The first-order valence-electron chi connectivity index (χ1n) is 6.17. The van der Waals surface area contributed by atoms with Crippen LogP contribution in [0.4, 0.5) is 5.69 Å². The molecule has 19 heavy (non-hydrogen) atoms. The van der Waals surface area contributed by atoms with Gasteiger partial charge in [0, 0.05) is 11.7 Å². The van der Waals surface area contributed by atoms with Crippen molar-refractivity contribution in [3.63, 3.8) is 0 Å². The predicted octanol–water partition coefficient (Wildman–Crippen LogP) is 3.19. The minimum absolute atomic E-state index is 0.0385. The van der Waals surface area contributed by atoms with Crippen LogP contribution in [0.1, 0.15) is 32.1 Å². The van der Waals surface area contributed by atoms with E-state index in [1.165, 1.54) is 12.1 Å². The SMILES string of the molecule is Nc1cc(Cl)c(S(=O)(=O)NC2CCCCC2)c(Cl)c1. The van der Waals surface area contributed by atoms with E-state index in [9.17, 15) is 8.42 Å². The van der Waals surface area contributed by atoms with E-state index in [0.29, 0.717) is 5.69 Å². The third kappa shape index (κ3) is 3.54. The van der Waals surface area contributed by atoms with Crippen molar-refractivity contribution in [3.8, 4) is 0 Å². The van der Waals surface area contributed by atoms with Crippen molar-refractivity contribution in [1.29, 1.82) is 0 Å². The molecule has 0 atom stereocenters. The number of benzene rings is 1. The molecule has 1 aliphatic carbocycles. The van der Waals surface area contributed by atoms with Gasteiger partial charge in [0.1, 0.15) is 4.90 Å². The summed E-state index contributed by atoms with van der Waals surface area (Å²) in [5.74, 6) is 0. The highest BCUT2D eigenvalue weighted by Crippen LogP contribution is 2.32. The minimum Gasteiger partial charge on any atom is -0.399 e. The molecule has 1 aliphatic rings. The zero-order valence-corrected chi connectivity index (χ0v) is 12.7. The van der Waals surface area contributed by atoms with Crippen LogP contribution in [0.5, 0.6) is 0 Å². The highest BCUT2D eigenvalue weighted by molar-refractivity contribution is 7.89. The summed E-state index contributed by atoms with van der Waals surface area (Å²) in [5.41, 5.74) is 5.91. The van der Waals surface area contributed by atoms with Crippen LogP contribution < -0.4 is 10.5 Å². The summed E-state index contributed by atoms with van der Waals surface area (Å²) in [6.07, 6.45) is 4.93. The average molecular weight is 323 g/mol. The predicted molar refractivity (Wildman–Crippen MR) is 78.1 cm³/mol. The fraction of sp³-hybridized carbons (Fsp3) is 0.500.